The Morgan fingerprint density at radius 2 is 2.30 bits per heavy atom. The summed E-state index contributed by atoms with van der Waals surface area (Å²) < 4.78 is 0.915. The Balaban J connectivity index is 1.77. The van der Waals surface area contributed by atoms with Gasteiger partial charge in [-0.05, 0) is 49.6 Å². The van der Waals surface area contributed by atoms with E-state index in [-0.39, 0.29) is 5.92 Å². The molecule has 1 N–H and O–H groups in total. The SMILES string of the molecule is C=C[C@@H]1CC[C@H]2[C@@H]3CCc4c[n+]([O-])ccc4[C@@H]3N(CC)C[C@@]12O. The number of nitrogens with zero attached hydrogens (tertiary/aromatic N) is 2. The van der Waals surface area contributed by atoms with Crippen LogP contribution < -0.4 is 4.73 Å². The summed E-state index contributed by atoms with van der Waals surface area (Å²) >= 11 is 0. The summed E-state index contributed by atoms with van der Waals surface area (Å²) in [6, 6.07) is 2.35. The number of piperidine rings is 1. The van der Waals surface area contributed by atoms with Gasteiger partial charge in [0.05, 0.1) is 5.60 Å². The smallest absolute Gasteiger partial charge is 0.183 e. The predicted molar refractivity (Wildman–Crippen MR) is 88.6 cm³/mol. The topological polar surface area (TPSA) is 50.4 Å². The van der Waals surface area contributed by atoms with E-state index in [1.807, 2.05) is 12.1 Å². The van der Waals surface area contributed by atoms with E-state index < -0.39 is 5.60 Å². The fourth-order valence-corrected chi connectivity index (χ4v) is 5.64. The number of fused-ring (bicyclic) bond motifs is 5. The number of rotatable bonds is 2. The molecule has 23 heavy (non-hydrogen) atoms. The van der Waals surface area contributed by atoms with E-state index in [2.05, 4.69) is 18.4 Å². The van der Waals surface area contributed by atoms with Gasteiger partial charge in [-0.3, -0.25) is 4.90 Å². The van der Waals surface area contributed by atoms with Crippen LogP contribution in [0.4, 0.5) is 0 Å². The second kappa shape index (κ2) is 5.32. The van der Waals surface area contributed by atoms with Gasteiger partial charge in [0.25, 0.3) is 0 Å². The molecule has 2 aliphatic carbocycles. The molecule has 4 rings (SSSR count). The van der Waals surface area contributed by atoms with Gasteiger partial charge in [0.1, 0.15) is 0 Å². The summed E-state index contributed by atoms with van der Waals surface area (Å²) in [5, 5.41) is 23.1. The van der Waals surface area contributed by atoms with Crippen molar-refractivity contribution >= 4 is 0 Å². The van der Waals surface area contributed by atoms with Crippen molar-refractivity contribution < 1.29 is 9.84 Å². The lowest BCUT2D eigenvalue weighted by molar-refractivity contribution is -0.606. The zero-order valence-electron chi connectivity index (χ0n) is 13.8. The maximum absolute atomic E-state index is 11.6. The molecule has 0 amide bonds. The van der Waals surface area contributed by atoms with Crippen LogP contribution >= 0.6 is 0 Å². The number of likely N-dealkylation sites (N-methyl/N-ethyl adjacent to an activating group) is 1. The lowest BCUT2D eigenvalue weighted by Crippen LogP contribution is -2.60. The van der Waals surface area contributed by atoms with Crippen molar-refractivity contribution in [2.45, 2.75) is 44.2 Å². The molecule has 1 aliphatic heterocycles. The van der Waals surface area contributed by atoms with Crippen molar-refractivity contribution in [2.24, 2.45) is 17.8 Å². The van der Waals surface area contributed by atoms with Gasteiger partial charge in [-0.15, -0.1) is 6.58 Å². The average molecular weight is 314 g/mol. The zero-order valence-corrected chi connectivity index (χ0v) is 13.8. The third kappa shape index (κ3) is 2.08. The molecule has 4 heteroatoms. The largest absolute Gasteiger partial charge is 0.619 e. The molecule has 5 atom stereocenters. The van der Waals surface area contributed by atoms with Crippen LogP contribution in [0.5, 0.6) is 0 Å². The maximum atomic E-state index is 11.6. The Kier molecular flexibility index (Phi) is 3.50. The van der Waals surface area contributed by atoms with Crippen LogP contribution in [0.2, 0.25) is 0 Å². The Morgan fingerprint density at radius 1 is 1.48 bits per heavy atom. The molecule has 0 bridgehead atoms. The highest BCUT2D eigenvalue weighted by Crippen LogP contribution is 2.56. The van der Waals surface area contributed by atoms with Crippen molar-refractivity contribution in [2.75, 3.05) is 13.1 Å². The van der Waals surface area contributed by atoms with E-state index in [0.29, 0.717) is 17.9 Å². The van der Waals surface area contributed by atoms with Crippen LogP contribution in [0.25, 0.3) is 0 Å². The monoisotopic (exact) mass is 314 g/mol. The lowest BCUT2D eigenvalue weighted by atomic mass is 9.64. The van der Waals surface area contributed by atoms with Gasteiger partial charge in [0.2, 0.25) is 0 Å². The number of pyridine rings is 1. The van der Waals surface area contributed by atoms with Gasteiger partial charge in [-0.2, -0.15) is 4.73 Å². The summed E-state index contributed by atoms with van der Waals surface area (Å²) in [7, 11) is 0. The number of β-amino-alcohol motifs (C(OH)–C–C–N with tert-alkyl or cyclic N) is 1. The van der Waals surface area contributed by atoms with Crippen LogP contribution in [0.3, 0.4) is 0 Å². The summed E-state index contributed by atoms with van der Waals surface area (Å²) in [6.45, 7) is 7.78. The first kappa shape index (κ1) is 15.2. The third-order valence-electron chi connectivity index (χ3n) is 6.66. The molecule has 3 aliphatic rings. The molecule has 0 spiro atoms. The molecular weight excluding hydrogens is 288 g/mol. The first-order valence-corrected chi connectivity index (χ1v) is 8.89. The highest BCUT2D eigenvalue weighted by atomic mass is 16.5. The molecule has 0 radical (unpaired) electrons. The van der Waals surface area contributed by atoms with Crippen LogP contribution in [-0.4, -0.2) is 28.7 Å². The van der Waals surface area contributed by atoms with Gasteiger partial charge >= 0.3 is 0 Å². The van der Waals surface area contributed by atoms with Gasteiger partial charge in [-0.1, -0.05) is 13.0 Å². The molecule has 1 saturated heterocycles. The Labute approximate surface area is 138 Å². The lowest BCUT2D eigenvalue weighted by Gasteiger charge is -2.54. The molecule has 0 aromatic carbocycles. The second-order valence-corrected chi connectivity index (χ2v) is 7.51. The molecule has 1 saturated carbocycles. The standard InChI is InChI=1S/C19H26N2O2/c1-3-14-6-8-17-16-7-5-13-11-21(23)10-9-15(13)18(16)20(4-2)12-19(14,17)22/h3,9-11,14,16-18,22H,1,4-8,12H2,2H3/t14-,16+,17+,18+,19-/m1/s1. The number of hydrogen-bond donors (Lipinski definition) is 1. The van der Waals surface area contributed by atoms with Crippen molar-refractivity contribution in [3.05, 3.63) is 47.4 Å². The highest BCUT2D eigenvalue weighted by Gasteiger charge is 2.58. The van der Waals surface area contributed by atoms with Gasteiger partial charge in [-0.25, -0.2) is 0 Å². The molecule has 4 nitrogen and oxygen atoms in total. The number of aliphatic hydroxyl groups is 1. The number of likely N-dealkylation sites (tertiary alicyclic amines) is 1. The van der Waals surface area contributed by atoms with E-state index in [1.165, 1.54) is 11.1 Å². The molecule has 0 unspecified atom stereocenters. The number of aromatic nitrogens is 1. The first-order valence-electron chi connectivity index (χ1n) is 8.89. The predicted octanol–water partition coefficient (Wildman–Crippen LogP) is 2.20. The average Bonchev–Trinajstić information content (AvgIpc) is 2.89. The minimum absolute atomic E-state index is 0.212. The number of aryl methyl sites for hydroxylation is 1. The van der Waals surface area contributed by atoms with Gasteiger partial charge < -0.3 is 10.3 Å². The first-order chi connectivity index (χ1) is 11.1. The molecule has 2 fully saturated rings. The van der Waals surface area contributed by atoms with E-state index in [1.54, 1.807) is 12.4 Å². The molecule has 1 aromatic heterocycles. The van der Waals surface area contributed by atoms with E-state index in [0.717, 1.165) is 43.5 Å². The van der Waals surface area contributed by atoms with Crippen LogP contribution in [-0.2, 0) is 6.42 Å². The van der Waals surface area contributed by atoms with Crippen molar-refractivity contribution in [3.63, 3.8) is 0 Å². The Hall–Kier alpha value is -1.39. The minimum Gasteiger partial charge on any atom is -0.619 e. The molecule has 1 aromatic rings. The van der Waals surface area contributed by atoms with Crippen LogP contribution in [0, 0.1) is 23.0 Å². The van der Waals surface area contributed by atoms with E-state index >= 15 is 0 Å². The molecular formula is C19H26N2O2. The summed E-state index contributed by atoms with van der Waals surface area (Å²) in [5.74, 6) is 1.04. The normalized spacial score (nSPS) is 39.4. The van der Waals surface area contributed by atoms with Crippen molar-refractivity contribution in [1.82, 2.24) is 4.90 Å². The minimum atomic E-state index is -0.621. The van der Waals surface area contributed by atoms with Gasteiger partial charge in [0.15, 0.2) is 12.4 Å². The van der Waals surface area contributed by atoms with Crippen LogP contribution in [0.1, 0.15) is 43.4 Å². The van der Waals surface area contributed by atoms with E-state index in [9.17, 15) is 10.3 Å². The van der Waals surface area contributed by atoms with Crippen molar-refractivity contribution in [1.29, 1.82) is 0 Å². The number of hydrogen-bond acceptors (Lipinski definition) is 3. The Morgan fingerprint density at radius 3 is 3.04 bits per heavy atom. The molecule has 124 valence electrons. The highest BCUT2D eigenvalue weighted by molar-refractivity contribution is 5.31. The fraction of sp³-hybridized carbons (Fsp3) is 0.632. The maximum Gasteiger partial charge on any atom is 0.183 e. The second-order valence-electron chi connectivity index (χ2n) is 7.51. The fourth-order valence-electron chi connectivity index (χ4n) is 5.64. The summed E-state index contributed by atoms with van der Waals surface area (Å²) in [6.07, 6.45) is 9.48. The quantitative estimate of drug-likeness (QED) is 0.517. The zero-order chi connectivity index (χ0) is 16.2. The van der Waals surface area contributed by atoms with Gasteiger partial charge in [0, 0.05) is 30.1 Å². The van der Waals surface area contributed by atoms with E-state index in [4.69, 9.17) is 0 Å². The third-order valence-corrected chi connectivity index (χ3v) is 6.66. The van der Waals surface area contributed by atoms with Crippen LogP contribution in [0.15, 0.2) is 31.1 Å². The molecule has 2 heterocycles. The Bertz CT molecular complexity index is 632. The van der Waals surface area contributed by atoms with Crippen molar-refractivity contribution in [3.8, 4) is 0 Å². The summed E-state index contributed by atoms with van der Waals surface area (Å²) in [4.78, 5) is 2.43. The summed E-state index contributed by atoms with van der Waals surface area (Å²) in [5.41, 5.74) is 1.87.